The molecule has 0 aliphatic carbocycles. The summed E-state index contributed by atoms with van der Waals surface area (Å²) in [5, 5.41) is 6.34. The normalized spacial score (nSPS) is 19.8. The largest absolute Gasteiger partial charge is 0.354 e. The Kier molecular flexibility index (Phi) is 7.03. The van der Waals surface area contributed by atoms with Crippen LogP contribution >= 0.6 is 12.4 Å². The van der Waals surface area contributed by atoms with Gasteiger partial charge in [0.25, 0.3) is 0 Å². The van der Waals surface area contributed by atoms with Crippen LogP contribution in [-0.4, -0.2) is 25.0 Å². The molecule has 2 atom stereocenters. The van der Waals surface area contributed by atoms with Gasteiger partial charge in [-0.1, -0.05) is 43.2 Å². The summed E-state index contributed by atoms with van der Waals surface area (Å²) in [5.74, 6) is 0.506. The fraction of sp³-hybridized carbons (Fsp3) is 0.562. The van der Waals surface area contributed by atoms with Gasteiger partial charge in [-0.2, -0.15) is 0 Å². The van der Waals surface area contributed by atoms with Crippen LogP contribution in [0, 0.1) is 6.92 Å². The zero-order valence-electron chi connectivity index (χ0n) is 12.3. The molecule has 0 aromatic heterocycles. The Labute approximate surface area is 127 Å². The van der Waals surface area contributed by atoms with Crippen molar-refractivity contribution in [2.24, 2.45) is 0 Å². The average Bonchev–Trinajstić information content (AvgIpc) is 2.46. The maximum Gasteiger partial charge on any atom is 0.237 e. The lowest BCUT2D eigenvalue weighted by Crippen LogP contribution is -2.47. The number of nitrogens with one attached hydrogen (secondary N) is 2. The number of halogens is 1. The molecule has 1 fully saturated rings. The predicted molar refractivity (Wildman–Crippen MR) is 85.5 cm³/mol. The van der Waals surface area contributed by atoms with Gasteiger partial charge in [-0.3, -0.25) is 4.79 Å². The summed E-state index contributed by atoms with van der Waals surface area (Å²) in [7, 11) is 0. The van der Waals surface area contributed by atoms with E-state index in [1.54, 1.807) is 0 Å². The zero-order valence-corrected chi connectivity index (χ0v) is 13.1. The Morgan fingerprint density at radius 2 is 2.05 bits per heavy atom. The molecule has 3 nitrogen and oxygen atoms in total. The molecule has 1 aliphatic heterocycles. The van der Waals surface area contributed by atoms with E-state index >= 15 is 0 Å². The molecule has 0 bridgehead atoms. The van der Waals surface area contributed by atoms with Gasteiger partial charge in [0, 0.05) is 6.54 Å². The number of hydrogen-bond donors (Lipinski definition) is 2. The van der Waals surface area contributed by atoms with E-state index in [0.29, 0.717) is 12.5 Å². The van der Waals surface area contributed by atoms with Gasteiger partial charge in [0.15, 0.2) is 0 Å². The molecule has 2 unspecified atom stereocenters. The second-order valence-electron chi connectivity index (χ2n) is 5.56. The topological polar surface area (TPSA) is 41.1 Å². The summed E-state index contributed by atoms with van der Waals surface area (Å²) < 4.78 is 0. The molecule has 20 heavy (non-hydrogen) atoms. The van der Waals surface area contributed by atoms with Crippen molar-refractivity contribution in [2.75, 3.05) is 13.1 Å². The summed E-state index contributed by atoms with van der Waals surface area (Å²) in [6, 6.07) is 8.54. The number of benzene rings is 1. The first-order chi connectivity index (χ1) is 9.16. The molecule has 4 heteroatoms. The Morgan fingerprint density at radius 3 is 2.65 bits per heavy atom. The molecule has 112 valence electrons. The number of hydrogen-bond acceptors (Lipinski definition) is 2. The van der Waals surface area contributed by atoms with E-state index in [1.807, 2.05) is 0 Å². The van der Waals surface area contributed by atoms with Crippen LogP contribution in [0.5, 0.6) is 0 Å². The van der Waals surface area contributed by atoms with E-state index in [9.17, 15) is 4.79 Å². The van der Waals surface area contributed by atoms with Crippen LogP contribution in [0.2, 0.25) is 0 Å². The van der Waals surface area contributed by atoms with E-state index in [1.165, 1.54) is 17.5 Å². The van der Waals surface area contributed by atoms with E-state index in [0.717, 1.165) is 19.4 Å². The maximum atomic E-state index is 12.0. The highest BCUT2D eigenvalue weighted by Gasteiger charge is 2.20. The van der Waals surface area contributed by atoms with Gasteiger partial charge in [0.05, 0.1) is 6.04 Å². The molecule has 1 heterocycles. The fourth-order valence-corrected chi connectivity index (χ4v) is 2.47. The smallest absolute Gasteiger partial charge is 0.237 e. The molecular formula is C16H25ClN2O. The molecule has 1 aliphatic rings. The predicted octanol–water partition coefficient (Wildman–Crippen LogP) is 2.78. The van der Waals surface area contributed by atoms with Gasteiger partial charge in [-0.25, -0.2) is 0 Å². The van der Waals surface area contributed by atoms with E-state index < -0.39 is 0 Å². The summed E-state index contributed by atoms with van der Waals surface area (Å²) in [4.78, 5) is 12.0. The third kappa shape index (κ3) is 4.80. The van der Waals surface area contributed by atoms with Gasteiger partial charge in [0.2, 0.25) is 5.91 Å². The fourth-order valence-electron chi connectivity index (χ4n) is 2.47. The minimum Gasteiger partial charge on any atom is -0.354 e. The number of carbonyl (C=O) groups excluding carboxylic acids is 1. The molecule has 1 aromatic rings. The van der Waals surface area contributed by atoms with Crippen molar-refractivity contribution in [3.63, 3.8) is 0 Å². The van der Waals surface area contributed by atoms with Crippen LogP contribution in [0.4, 0.5) is 0 Å². The van der Waals surface area contributed by atoms with Crippen LogP contribution < -0.4 is 10.6 Å². The SMILES string of the molecule is Cc1ccc(C(C)CNC(=O)C2CCCCN2)cc1.Cl. The molecule has 0 saturated carbocycles. The minimum atomic E-state index is 0. The van der Waals surface area contributed by atoms with Crippen molar-refractivity contribution in [1.29, 1.82) is 0 Å². The van der Waals surface area contributed by atoms with Crippen LogP contribution in [0.25, 0.3) is 0 Å². The Bertz CT molecular complexity index is 413. The van der Waals surface area contributed by atoms with Crippen molar-refractivity contribution in [3.05, 3.63) is 35.4 Å². The van der Waals surface area contributed by atoms with Crippen molar-refractivity contribution in [3.8, 4) is 0 Å². The van der Waals surface area contributed by atoms with Gasteiger partial charge >= 0.3 is 0 Å². The van der Waals surface area contributed by atoms with Crippen molar-refractivity contribution >= 4 is 18.3 Å². The molecular weight excluding hydrogens is 272 g/mol. The summed E-state index contributed by atoms with van der Waals surface area (Å²) in [5.41, 5.74) is 2.55. The average molecular weight is 297 g/mol. The van der Waals surface area contributed by atoms with Crippen molar-refractivity contribution in [1.82, 2.24) is 10.6 Å². The Morgan fingerprint density at radius 1 is 1.35 bits per heavy atom. The standard InChI is InChI=1S/C16H24N2O.ClH/c1-12-6-8-14(9-7-12)13(2)11-18-16(19)15-5-3-4-10-17-15;/h6-9,13,15,17H,3-5,10-11H2,1-2H3,(H,18,19);1H. The monoisotopic (exact) mass is 296 g/mol. The lowest BCUT2D eigenvalue weighted by atomic mass is 9.99. The van der Waals surface area contributed by atoms with E-state index in [4.69, 9.17) is 0 Å². The first-order valence-electron chi connectivity index (χ1n) is 7.24. The summed E-state index contributed by atoms with van der Waals surface area (Å²) in [6.07, 6.45) is 3.30. The van der Waals surface area contributed by atoms with Crippen LogP contribution in [0.3, 0.4) is 0 Å². The second-order valence-corrected chi connectivity index (χ2v) is 5.56. The minimum absolute atomic E-state index is 0. The summed E-state index contributed by atoms with van der Waals surface area (Å²) in [6.45, 7) is 5.91. The van der Waals surface area contributed by atoms with Gasteiger partial charge < -0.3 is 10.6 Å². The highest BCUT2D eigenvalue weighted by molar-refractivity contribution is 5.85. The van der Waals surface area contributed by atoms with E-state index in [-0.39, 0.29) is 24.4 Å². The number of amides is 1. The van der Waals surface area contributed by atoms with Crippen LogP contribution in [0.15, 0.2) is 24.3 Å². The lowest BCUT2D eigenvalue weighted by Gasteiger charge is -2.23. The van der Waals surface area contributed by atoms with Crippen molar-refractivity contribution < 1.29 is 4.79 Å². The van der Waals surface area contributed by atoms with Gasteiger partial charge in [-0.15, -0.1) is 12.4 Å². The zero-order chi connectivity index (χ0) is 13.7. The maximum absolute atomic E-state index is 12.0. The lowest BCUT2D eigenvalue weighted by molar-refractivity contribution is -0.123. The highest BCUT2D eigenvalue weighted by atomic mass is 35.5. The first kappa shape index (κ1) is 17.0. The van der Waals surface area contributed by atoms with Gasteiger partial charge in [-0.05, 0) is 37.8 Å². The third-order valence-electron chi connectivity index (χ3n) is 3.86. The molecule has 0 spiro atoms. The molecule has 2 N–H and O–H groups in total. The number of rotatable bonds is 4. The molecule has 2 rings (SSSR count). The van der Waals surface area contributed by atoms with Gasteiger partial charge in [0.1, 0.15) is 0 Å². The number of carbonyl (C=O) groups is 1. The quantitative estimate of drug-likeness (QED) is 0.897. The number of piperidine rings is 1. The first-order valence-corrected chi connectivity index (χ1v) is 7.24. The van der Waals surface area contributed by atoms with E-state index in [2.05, 4.69) is 48.7 Å². The van der Waals surface area contributed by atoms with Crippen LogP contribution in [0.1, 0.15) is 43.2 Å². The Balaban J connectivity index is 0.00000200. The Hall–Kier alpha value is -1.06. The molecule has 1 saturated heterocycles. The number of aryl methyl sites for hydroxylation is 1. The molecule has 1 amide bonds. The third-order valence-corrected chi connectivity index (χ3v) is 3.86. The van der Waals surface area contributed by atoms with Crippen molar-refractivity contribution in [2.45, 2.75) is 45.1 Å². The molecule has 1 aromatic carbocycles. The second kappa shape index (κ2) is 8.28. The highest BCUT2D eigenvalue weighted by Crippen LogP contribution is 2.15. The summed E-state index contributed by atoms with van der Waals surface area (Å²) >= 11 is 0. The van der Waals surface area contributed by atoms with Crippen LogP contribution in [-0.2, 0) is 4.79 Å². The molecule has 0 radical (unpaired) electrons.